The first-order valence-corrected chi connectivity index (χ1v) is 9.88. The smallest absolute Gasteiger partial charge is 0.191 e. The van der Waals surface area contributed by atoms with E-state index in [2.05, 4.69) is 40.1 Å². The van der Waals surface area contributed by atoms with Crippen LogP contribution < -0.4 is 10.6 Å². The first-order valence-electron chi connectivity index (χ1n) is 7.68. The molecule has 0 amide bonds. The number of aliphatic imine (C=N–C) groups is 1. The van der Waals surface area contributed by atoms with E-state index in [1.807, 2.05) is 20.8 Å². The van der Waals surface area contributed by atoms with Gasteiger partial charge in [-0.2, -0.15) is 0 Å². The quantitative estimate of drug-likeness (QED) is 0.365. The fraction of sp³-hybridized carbons (Fsp3) is 0.688. The first-order chi connectivity index (χ1) is 10.3. The molecule has 0 saturated heterocycles. The molecule has 0 aliphatic carbocycles. The van der Waals surface area contributed by atoms with Crippen molar-refractivity contribution >= 4 is 52.1 Å². The molecule has 0 saturated carbocycles. The number of halogens is 1. The van der Waals surface area contributed by atoms with Crippen LogP contribution in [0.4, 0.5) is 0 Å². The Morgan fingerprint density at radius 2 is 2.09 bits per heavy atom. The molecule has 1 heterocycles. The van der Waals surface area contributed by atoms with Crippen LogP contribution in [0.2, 0.25) is 0 Å². The third-order valence-electron chi connectivity index (χ3n) is 3.23. The minimum absolute atomic E-state index is 0. The van der Waals surface area contributed by atoms with Crippen molar-refractivity contribution in [3.05, 3.63) is 22.4 Å². The minimum atomic E-state index is -0.834. The van der Waals surface area contributed by atoms with Crippen LogP contribution in [0.3, 0.4) is 0 Å². The molecule has 0 bridgehead atoms. The molecule has 134 valence electrons. The maximum atomic E-state index is 12.0. The molecule has 2 N–H and O–H groups in total. The lowest BCUT2D eigenvalue weighted by Crippen LogP contribution is -2.42. The summed E-state index contributed by atoms with van der Waals surface area (Å²) in [7, 11) is 0.930. The summed E-state index contributed by atoms with van der Waals surface area (Å²) in [5.74, 6) is 1.96. The van der Waals surface area contributed by atoms with Gasteiger partial charge in [0.1, 0.15) is 0 Å². The summed E-state index contributed by atoms with van der Waals surface area (Å²) in [4.78, 5) is 5.63. The van der Waals surface area contributed by atoms with E-state index in [0.29, 0.717) is 18.2 Å². The number of rotatable bonds is 7. The molecule has 1 aromatic heterocycles. The van der Waals surface area contributed by atoms with Crippen LogP contribution in [0.1, 0.15) is 32.6 Å². The van der Waals surface area contributed by atoms with Crippen LogP contribution in [0.15, 0.2) is 22.5 Å². The van der Waals surface area contributed by atoms with Gasteiger partial charge in [0.2, 0.25) is 0 Å². The van der Waals surface area contributed by atoms with Gasteiger partial charge in [-0.15, -0.1) is 35.3 Å². The van der Waals surface area contributed by atoms with Gasteiger partial charge in [-0.1, -0.05) is 13.0 Å². The highest BCUT2D eigenvalue weighted by molar-refractivity contribution is 14.0. The Bertz CT molecular complexity index is 484. The predicted molar refractivity (Wildman–Crippen MR) is 115 cm³/mol. The summed E-state index contributed by atoms with van der Waals surface area (Å²) < 4.78 is 11.8. The van der Waals surface area contributed by atoms with Gasteiger partial charge in [0.15, 0.2) is 5.96 Å². The van der Waals surface area contributed by atoms with Crippen LogP contribution in [0.5, 0.6) is 0 Å². The molecule has 0 spiro atoms. The molecular weight excluding hydrogens is 441 g/mol. The second-order valence-electron chi connectivity index (χ2n) is 6.43. The summed E-state index contributed by atoms with van der Waals surface area (Å²) in [6.07, 6.45) is 1.08. The van der Waals surface area contributed by atoms with E-state index in [4.69, 9.17) is 0 Å². The summed E-state index contributed by atoms with van der Waals surface area (Å²) in [6, 6.07) is 4.27. The fourth-order valence-electron chi connectivity index (χ4n) is 1.90. The van der Waals surface area contributed by atoms with Crippen LogP contribution in [-0.2, 0) is 17.2 Å². The van der Waals surface area contributed by atoms with Gasteiger partial charge in [-0.05, 0) is 44.6 Å². The Hall–Kier alpha value is -0.150. The van der Waals surface area contributed by atoms with Crippen molar-refractivity contribution < 1.29 is 4.21 Å². The van der Waals surface area contributed by atoms with E-state index < -0.39 is 10.8 Å². The Morgan fingerprint density at radius 1 is 1.39 bits per heavy atom. The number of hydrogen-bond acceptors (Lipinski definition) is 3. The normalized spacial score (nSPS) is 14.7. The van der Waals surface area contributed by atoms with Crippen molar-refractivity contribution in [1.82, 2.24) is 10.6 Å². The highest BCUT2D eigenvalue weighted by Crippen LogP contribution is 2.13. The zero-order valence-corrected chi connectivity index (χ0v) is 18.7. The molecule has 0 aliphatic heterocycles. The molecule has 1 aromatic rings. The van der Waals surface area contributed by atoms with Gasteiger partial charge in [0.25, 0.3) is 0 Å². The summed E-state index contributed by atoms with van der Waals surface area (Å²) in [5.41, 5.74) is 0. The van der Waals surface area contributed by atoms with Crippen LogP contribution in [-0.4, -0.2) is 40.8 Å². The van der Waals surface area contributed by atoms with Crippen LogP contribution in [0, 0.1) is 5.92 Å². The molecule has 4 nitrogen and oxygen atoms in total. The Balaban J connectivity index is 0.00000484. The minimum Gasteiger partial charge on any atom is -0.356 e. The molecule has 2 atom stereocenters. The van der Waals surface area contributed by atoms with Crippen molar-refractivity contribution in [2.24, 2.45) is 10.9 Å². The molecule has 1 rings (SSSR count). The third kappa shape index (κ3) is 9.66. The maximum Gasteiger partial charge on any atom is 0.191 e. The van der Waals surface area contributed by atoms with E-state index in [1.165, 1.54) is 4.88 Å². The Labute approximate surface area is 164 Å². The van der Waals surface area contributed by atoms with E-state index in [-0.39, 0.29) is 28.7 Å². The average molecular weight is 471 g/mol. The van der Waals surface area contributed by atoms with Crippen molar-refractivity contribution in [3.8, 4) is 0 Å². The summed E-state index contributed by atoms with van der Waals surface area (Å²) >= 11 is 1.80. The monoisotopic (exact) mass is 471 g/mol. The SMILES string of the molecule is CN=C(NCCS(=O)C(C)(C)C)NCC(C)Cc1cccs1.I. The summed E-state index contributed by atoms with van der Waals surface area (Å²) in [6.45, 7) is 9.78. The van der Waals surface area contributed by atoms with Gasteiger partial charge in [-0.3, -0.25) is 9.20 Å². The van der Waals surface area contributed by atoms with Crippen LogP contribution in [0.25, 0.3) is 0 Å². The van der Waals surface area contributed by atoms with Gasteiger partial charge in [0.05, 0.1) is 0 Å². The van der Waals surface area contributed by atoms with Crippen molar-refractivity contribution in [2.45, 2.75) is 38.9 Å². The number of nitrogens with one attached hydrogen (secondary N) is 2. The van der Waals surface area contributed by atoms with Crippen molar-refractivity contribution in [2.75, 3.05) is 25.9 Å². The molecule has 2 unspecified atom stereocenters. The van der Waals surface area contributed by atoms with Gasteiger partial charge < -0.3 is 10.6 Å². The number of thiophene rings is 1. The predicted octanol–water partition coefficient (Wildman–Crippen LogP) is 3.26. The fourth-order valence-corrected chi connectivity index (χ4v) is 3.67. The van der Waals surface area contributed by atoms with Gasteiger partial charge in [0, 0.05) is 46.3 Å². The van der Waals surface area contributed by atoms with Gasteiger partial charge in [-0.25, -0.2) is 0 Å². The lowest BCUT2D eigenvalue weighted by Gasteiger charge is -2.19. The van der Waals surface area contributed by atoms with Crippen LogP contribution >= 0.6 is 35.3 Å². The topological polar surface area (TPSA) is 53.5 Å². The highest BCUT2D eigenvalue weighted by Gasteiger charge is 2.18. The Morgan fingerprint density at radius 3 is 2.61 bits per heavy atom. The second-order valence-corrected chi connectivity index (χ2v) is 9.79. The molecular formula is C16H30IN3OS2. The standard InChI is InChI=1S/C16H29N3OS2.HI/c1-13(11-14-7-6-9-21-14)12-19-15(17-5)18-8-10-22(20)16(2,3)4;/h6-7,9,13H,8,10-12H2,1-5H3,(H2,17,18,19);1H. The average Bonchev–Trinajstić information content (AvgIpc) is 2.94. The lowest BCUT2D eigenvalue weighted by atomic mass is 10.1. The third-order valence-corrected chi connectivity index (χ3v) is 6.07. The number of hydrogen-bond donors (Lipinski definition) is 2. The lowest BCUT2D eigenvalue weighted by molar-refractivity contribution is 0.562. The van der Waals surface area contributed by atoms with E-state index in [9.17, 15) is 4.21 Å². The molecule has 23 heavy (non-hydrogen) atoms. The molecule has 0 radical (unpaired) electrons. The van der Waals surface area contributed by atoms with Crippen molar-refractivity contribution in [1.29, 1.82) is 0 Å². The zero-order valence-electron chi connectivity index (χ0n) is 14.7. The maximum absolute atomic E-state index is 12.0. The Kier molecular flexibility index (Phi) is 11.3. The van der Waals surface area contributed by atoms with Crippen molar-refractivity contribution in [3.63, 3.8) is 0 Å². The summed E-state index contributed by atoms with van der Waals surface area (Å²) in [5, 5.41) is 8.69. The second kappa shape index (κ2) is 11.4. The molecule has 7 heteroatoms. The number of nitrogens with zero attached hydrogens (tertiary/aromatic N) is 1. The molecule has 0 aliphatic rings. The zero-order chi connectivity index (χ0) is 16.6. The number of guanidine groups is 1. The molecule has 0 fully saturated rings. The highest BCUT2D eigenvalue weighted by atomic mass is 127. The molecule has 0 aromatic carbocycles. The first kappa shape index (κ1) is 22.9. The van der Waals surface area contributed by atoms with E-state index >= 15 is 0 Å². The van der Waals surface area contributed by atoms with E-state index in [0.717, 1.165) is 18.9 Å². The van der Waals surface area contributed by atoms with Gasteiger partial charge >= 0.3 is 0 Å². The largest absolute Gasteiger partial charge is 0.356 e. The van der Waals surface area contributed by atoms with E-state index in [1.54, 1.807) is 18.4 Å².